The second-order valence-corrected chi connectivity index (χ2v) is 6.27. The summed E-state index contributed by atoms with van der Waals surface area (Å²) in [5.41, 5.74) is 5.35. The van der Waals surface area contributed by atoms with Gasteiger partial charge in [-0.05, 0) is 25.0 Å². The Morgan fingerprint density at radius 2 is 2.18 bits per heavy atom. The molecule has 8 heteroatoms. The van der Waals surface area contributed by atoms with Crippen molar-refractivity contribution >= 4 is 42.1 Å². The van der Waals surface area contributed by atoms with E-state index in [4.69, 9.17) is 10.2 Å². The van der Waals surface area contributed by atoms with Gasteiger partial charge in [0, 0.05) is 6.54 Å². The number of nitrogens with one attached hydrogen (secondary N) is 1. The predicted molar refractivity (Wildman–Crippen MR) is 94.1 cm³/mol. The molecule has 3 N–H and O–H groups in total. The van der Waals surface area contributed by atoms with E-state index in [2.05, 4.69) is 10.3 Å². The van der Waals surface area contributed by atoms with Crippen molar-refractivity contribution < 1.29 is 9.21 Å². The first-order valence-electron chi connectivity index (χ1n) is 6.48. The number of furan rings is 1. The minimum absolute atomic E-state index is 0. The molecule has 22 heavy (non-hydrogen) atoms. The van der Waals surface area contributed by atoms with Crippen LogP contribution >= 0.6 is 36.2 Å². The van der Waals surface area contributed by atoms with Gasteiger partial charge in [0.05, 0.1) is 18.0 Å². The summed E-state index contributed by atoms with van der Waals surface area (Å²) in [5, 5.41) is 3.69. The van der Waals surface area contributed by atoms with Gasteiger partial charge in [-0.25, -0.2) is 4.98 Å². The van der Waals surface area contributed by atoms with Crippen LogP contribution in [0.25, 0.3) is 10.8 Å². The van der Waals surface area contributed by atoms with E-state index in [1.54, 1.807) is 18.5 Å². The van der Waals surface area contributed by atoms with Crippen LogP contribution in [0.3, 0.4) is 0 Å². The number of aromatic nitrogens is 1. The van der Waals surface area contributed by atoms with Crippen LogP contribution in [0.5, 0.6) is 0 Å². The number of hydrogen-bond donors (Lipinski definition) is 2. The summed E-state index contributed by atoms with van der Waals surface area (Å²) in [5.74, 6) is 0.760. The van der Waals surface area contributed by atoms with E-state index in [0.717, 1.165) is 0 Å². The van der Waals surface area contributed by atoms with Crippen LogP contribution in [0.15, 0.2) is 29.0 Å². The van der Waals surface area contributed by atoms with Crippen molar-refractivity contribution in [1.82, 2.24) is 10.3 Å². The van der Waals surface area contributed by atoms with Crippen LogP contribution in [-0.4, -0.2) is 23.0 Å². The largest absolute Gasteiger partial charge is 0.462 e. The number of thiazole rings is 1. The van der Waals surface area contributed by atoms with Gasteiger partial charge in [-0.1, -0.05) is 13.8 Å². The molecular formula is C14H21Cl2N3O2S. The van der Waals surface area contributed by atoms with Crippen molar-refractivity contribution in [2.24, 2.45) is 11.7 Å². The lowest BCUT2D eigenvalue weighted by Gasteiger charge is -2.33. The van der Waals surface area contributed by atoms with Crippen LogP contribution in [-0.2, 0) is 0 Å². The third-order valence-electron chi connectivity index (χ3n) is 3.56. The number of carbonyl (C=O) groups is 1. The maximum absolute atomic E-state index is 12.3. The lowest BCUT2D eigenvalue weighted by Crippen LogP contribution is -2.54. The second-order valence-electron chi connectivity index (χ2n) is 5.24. The fourth-order valence-electron chi connectivity index (χ4n) is 1.65. The van der Waals surface area contributed by atoms with E-state index in [-0.39, 0.29) is 36.6 Å². The molecule has 2 heterocycles. The van der Waals surface area contributed by atoms with Gasteiger partial charge in [0.2, 0.25) is 0 Å². The van der Waals surface area contributed by atoms with Crippen molar-refractivity contribution in [2.75, 3.05) is 6.54 Å². The van der Waals surface area contributed by atoms with Crippen LogP contribution < -0.4 is 11.1 Å². The molecule has 0 aliphatic carbocycles. The third kappa shape index (κ3) is 4.46. The molecule has 5 nitrogen and oxygen atoms in total. The number of carbonyl (C=O) groups excluding carboxylic acids is 1. The quantitative estimate of drug-likeness (QED) is 0.850. The smallest absolute Gasteiger partial charge is 0.263 e. The van der Waals surface area contributed by atoms with Gasteiger partial charge in [-0.2, -0.15) is 0 Å². The first kappa shape index (κ1) is 20.9. The van der Waals surface area contributed by atoms with Gasteiger partial charge < -0.3 is 15.5 Å². The molecule has 1 unspecified atom stereocenters. The summed E-state index contributed by atoms with van der Waals surface area (Å²) in [4.78, 5) is 17.0. The first-order chi connectivity index (χ1) is 9.46. The summed E-state index contributed by atoms with van der Waals surface area (Å²) >= 11 is 1.30. The van der Waals surface area contributed by atoms with Gasteiger partial charge in [0.15, 0.2) is 10.8 Å². The van der Waals surface area contributed by atoms with Crippen molar-refractivity contribution in [3.63, 3.8) is 0 Å². The van der Waals surface area contributed by atoms with Crippen LogP contribution in [0.1, 0.15) is 30.4 Å². The van der Waals surface area contributed by atoms with E-state index in [1.807, 2.05) is 26.8 Å². The maximum Gasteiger partial charge on any atom is 0.263 e. The molecular weight excluding hydrogens is 345 g/mol. The molecule has 2 aromatic rings. The zero-order valence-corrected chi connectivity index (χ0v) is 15.1. The summed E-state index contributed by atoms with van der Waals surface area (Å²) in [7, 11) is 0. The van der Waals surface area contributed by atoms with Gasteiger partial charge in [-0.15, -0.1) is 36.2 Å². The molecule has 0 aromatic carbocycles. The van der Waals surface area contributed by atoms with Crippen LogP contribution in [0.2, 0.25) is 0 Å². The van der Waals surface area contributed by atoms with Gasteiger partial charge in [0.25, 0.3) is 5.91 Å². The summed E-state index contributed by atoms with van der Waals surface area (Å²) in [6.45, 7) is 6.41. The van der Waals surface area contributed by atoms with E-state index >= 15 is 0 Å². The van der Waals surface area contributed by atoms with Crippen molar-refractivity contribution in [1.29, 1.82) is 0 Å². The number of nitrogens with zero attached hydrogens (tertiary/aromatic N) is 1. The molecule has 2 aromatic heterocycles. The molecule has 0 fully saturated rings. The second kappa shape index (κ2) is 8.53. The number of rotatable bonds is 5. The number of amides is 1. The Hall–Kier alpha value is -1.08. The maximum atomic E-state index is 12.3. The molecule has 0 bridgehead atoms. The fraction of sp³-hybridized carbons (Fsp3) is 0.429. The molecule has 0 spiro atoms. The average molecular weight is 366 g/mol. The van der Waals surface area contributed by atoms with E-state index in [9.17, 15) is 4.79 Å². The number of nitrogens with two attached hydrogens (primary N) is 1. The highest BCUT2D eigenvalue weighted by molar-refractivity contribution is 7.16. The van der Waals surface area contributed by atoms with Crippen LogP contribution in [0, 0.1) is 5.92 Å². The van der Waals surface area contributed by atoms with E-state index in [1.165, 1.54) is 11.3 Å². The molecule has 0 aliphatic rings. The van der Waals surface area contributed by atoms with Crippen molar-refractivity contribution in [3.05, 3.63) is 29.5 Å². The summed E-state index contributed by atoms with van der Waals surface area (Å²) in [6, 6.07) is 3.61. The molecule has 124 valence electrons. The highest BCUT2D eigenvalue weighted by Gasteiger charge is 2.29. The zero-order chi connectivity index (χ0) is 14.8. The number of hydrogen-bond acceptors (Lipinski definition) is 5. The van der Waals surface area contributed by atoms with Crippen molar-refractivity contribution in [3.8, 4) is 10.8 Å². The van der Waals surface area contributed by atoms with Gasteiger partial charge >= 0.3 is 0 Å². The third-order valence-corrected chi connectivity index (χ3v) is 4.57. The van der Waals surface area contributed by atoms with Crippen LogP contribution in [0.4, 0.5) is 0 Å². The first-order valence-corrected chi connectivity index (χ1v) is 7.30. The summed E-state index contributed by atoms with van der Waals surface area (Å²) in [6.07, 6.45) is 3.15. The molecule has 2 rings (SSSR count). The molecule has 1 atom stereocenters. The molecule has 1 amide bonds. The molecule has 0 saturated heterocycles. The zero-order valence-electron chi connectivity index (χ0n) is 12.7. The summed E-state index contributed by atoms with van der Waals surface area (Å²) < 4.78 is 5.27. The topological polar surface area (TPSA) is 81.1 Å². The number of halogens is 2. The molecule has 0 saturated carbocycles. The predicted octanol–water partition coefficient (Wildman–Crippen LogP) is 3.35. The van der Waals surface area contributed by atoms with Gasteiger partial charge in [-0.3, -0.25) is 4.79 Å². The Bertz CT molecular complexity index is 587. The van der Waals surface area contributed by atoms with Crippen molar-refractivity contribution in [2.45, 2.75) is 26.3 Å². The highest BCUT2D eigenvalue weighted by Crippen LogP contribution is 2.26. The molecule has 0 aliphatic heterocycles. The van der Waals surface area contributed by atoms with E-state index < -0.39 is 5.54 Å². The minimum Gasteiger partial charge on any atom is -0.462 e. The standard InChI is InChI=1S/C14H19N3O2S.2ClH/c1-9(2)14(3,8-15)17-12(18)11-7-16-13(20-11)10-5-4-6-19-10;;/h4-7,9H,8,15H2,1-3H3,(H,17,18);2*1H. The normalized spacial score (nSPS) is 13.0. The monoisotopic (exact) mass is 365 g/mol. The minimum atomic E-state index is -0.425. The Morgan fingerprint density at radius 1 is 1.50 bits per heavy atom. The Kier molecular flexibility index (Phi) is 8.11. The van der Waals surface area contributed by atoms with Gasteiger partial charge in [0.1, 0.15) is 4.88 Å². The SMILES string of the molecule is CC(C)C(C)(CN)NC(=O)c1cnc(-c2ccco2)s1.Cl.Cl. The Balaban J connectivity index is 0.00000220. The molecule has 0 radical (unpaired) electrons. The highest BCUT2D eigenvalue weighted by atomic mass is 35.5. The average Bonchev–Trinajstić information content (AvgIpc) is 3.08. The lowest BCUT2D eigenvalue weighted by molar-refractivity contribution is 0.0887. The van der Waals surface area contributed by atoms with E-state index in [0.29, 0.717) is 22.2 Å². The Labute approximate surface area is 146 Å². The Morgan fingerprint density at radius 3 is 2.68 bits per heavy atom. The fourth-order valence-corrected chi connectivity index (χ4v) is 2.42. The lowest BCUT2D eigenvalue weighted by atomic mass is 9.88.